The lowest BCUT2D eigenvalue weighted by atomic mass is 9.77. The number of aryl methyl sites for hydroxylation is 1. The van der Waals surface area contributed by atoms with Crippen molar-refractivity contribution < 1.29 is 4.79 Å². The van der Waals surface area contributed by atoms with E-state index in [0.29, 0.717) is 0 Å². The van der Waals surface area contributed by atoms with Gasteiger partial charge in [0.1, 0.15) is 5.82 Å². The average Bonchev–Trinajstić information content (AvgIpc) is 2.87. The zero-order chi connectivity index (χ0) is 14.9. The number of rotatable bonds is 3. The largest absolute Gasteiger partial charge is 0.342 e. The molecule has 2 heterocycles. The van der Waals surface area contributed by atoms with E-state index in [4.69, 9.17) is 0 Å². The molecular weight excluding hydrogens is 264 g/mol. The highest BCUT2D eigenvalue weighted by molar-refractivity contribution is 5.97. The highest BCUT2D eigenvalue weighted by atomic mass is 16.2. The van der Waals surface area contributed by atoms with Crippen LogP contribution in [0.5, 0.6) is 0 Å². The predicted molar refractivity (Wildman–Crippen MR) is 84.3 cm³/mol. The molecule has 5 nitrogen and oxygen atoms in total. The van der Waals surface area contributed by atoms with Crippen LogP contribution in [-0.2, 0) is 4.79 Å². The summed E-state index contributed by atoms with van der Waals surface area (Å²) in [6.07, 6.45) is 2.87. The zero-order valence-corrected chi connectivity index (χ0v) is 12.6. The minimum atomic E-state index is -0.281. The SMILES string of the molecule is CCC1(C(=O)Nc2ccc3nc(C)[nH]c3c2)CCCNC1. The Bertz CT molecular complexity index is 655. The van der Waals surface area contributed by atoms with Crippen LogP contribution in [-0.4, -0.2) is 29.0 Å². The summed E-state index contributed by atoms with van der Waals surface area (Å²) in [5.41, 5.74) is 2.43. The van der Waals surface area contributed by atoms with Crippen molar-refractivity contribution in [1.82, 2.24) is 15.3 Å². The van der Waals surface area contributed by atoms with Crippen molar-refractivity contribution in [3.05, 3.63) is 24.0 Å². The molecule has 3 N–H and O–H groups in total. The second-order valence-corrected chi connectivity index (χ2v) is 5.92. The van der Waals surface area contributed by atoms with Gasteiger partial charge in [-0.1, -0.05) is 6.92 Å². The number of imidazole rings is 1. The fourth-order valence-electron chi connectivity index (χ4n) is 3.10. The molecule has 0 radical (unpaired) electrons. The van der Waals surface area contributed by atoms with Gasteiger partial charge in [-0.05, 0) is 50.9 Å². The first kappa shape index (κ1) is 14.1. The lowest BCUT2D eigenvalue weighted by molar-refractivity contribution is -0.126. The van der Waals surface area contributed by atoms with Crippen LogP contribution < -0.4 is 10.6 Å². The van der Waals surface area contributed by atoms with Crippen molar-refractivity contribution in [2.75, 3.05) is 18.4 Å². The summed E-state index contributed by atoms with van der Waals surface area (Å²) in [7, 11) is 0. The molecule has 0 aliphatic carbocycles. The molecule has 5 heteroatoms. The summed E-state index contributed by atoms with van der Waals surface area (Å²) in [6.45, 7) is 5.79. The Morgan fingerprint density at radius 1 is 1.48 bits per heavy atom. The number of aromatic nitrogens is 2. The van der Waals surface area contributed by atoms with Crippen molar-refractivity contribution in [3.8, 4) is 0 Å². The normalized spacial score (nSPS) is 22.4. The lowest BCUT2D eigenvalue weighted by Crippen LogP contribution is -2.47. The summed E-state index contributed by atoms with van der Waals surface area (Å²) in [5, 5.41) is 6.43. The van der Waals surface area contributed by atoms with E-state index in [-0.39, 0.29) is 11.3 Å². The molecular formula is C16H22N4O. The van der Waals surface area contributed by atoms with Crippen molar-refractivity contribution in [2.24, 2.45) is 5.41 Å². The van der Waals surface area contributed by atoms with Gasteiger partial charge in [-0.2, -0.15) is 0 Å². The van der Waals surface area contributed by atoms with Crippen LogP contribution in [0.4, 0.5) is 5.69 Å². The quantitative estimate of drug-likeness (QED) is 0.812. The maximum absolute atomic E-state index is 12.7. The van der Waals surface area contributed by atoms with E-state index in [1.54, 1.807) is 0 Å². The molecule has 0 saturated carbocycles. The van der Waals surface area contributed by atoms with Crippen LogP contribution in [0.3, 0.4) is 0 Å². The van der Waals surface area contributed by atoms with Crippen LogP contribution in [0, 0.1) is 12.3 Å². The molecule has 0 spiro atoms. The van der Waals surface area contributed by atoms with Gasteiger partial charge in [0.2, 0.25) is 5.91 Å². The van der Waals surface area contributed by atoms with Crippen LogP contribution in [0.25, 0.3) is 11.0 Å². The standard InChI is InChI=1S/C16H22N4O/c1-3-16(7-4-8-17-10-16)15(21)20-12-5-6-13-14(9-12)19-11(2)18-13/h5-6,9,17H,3-4,7-8,10H2,1-2H3,(H,18,19)(H,20,21). The highest BCUT2D eigenvalue weighted by Gasteiger charge is 2.37. The first-order valence-corrected chi connectivity index (χ1v) is 7.61. The molecule has 2 aromatic rings. The number of carbonyl (C=O) groups is 1. The van der Waals surface area contributed by atoms with Crippen molar-refractivity contribution >= 4 is 22.6 Å². The van der Waals surface area contributed by atoms with Crippen molar-refractivity contribution in [3.63, 3.8) is 0 Å². The Balaban J connectivity index is 1.81. The van der Waals surface area contributed by atoms with E-state index in [2.05, 4.69) is 27.5 Å². The van der Waals surface area contributed by atoms with Crippen molar-refractivity contribution in [1.29, 1.82) is 0 Å². The van der Waals surface area contributed by atoms with E-state index in [1.807, 2.05) is 25.1 Å². The van der Waals surface area contributed by atoms with Gasteiger partial charge in [0.25, 0.3) is 0 Å². The number of anilines is 1. The van der Waals surface area contributed by atoms with E-state index < -0.39 is 0 Å². The van der Waals surface area contributed by atoms with Gasteiger partial charge in [-0.3, -0.25) is 4.79 Å². The first-order chi connectivity index (χ1) is 10.1. The summed E-state index contributed by atoms with van der Waals surface area (Å²) in [4.78, 5) is 20.3. The predicted octanol–water partition coefficient (Wildman–Crippen LogP) is 2.59. The topological polar surface area (TPSA) is 69.8 Å². The van der Waals surface area contributed by atoms with Gasteiger partial charge < -0.3 is 15.6 Å². The molecule has 1 saturated heterocycles. The number of piperidine rings is 1. The van der Waals surface area contributed by atoms with Gasteiger partial charge >= 0.3 is 0 Å². The van der Waals surface area contributed by atoms with E-state index in [9.17, 15) is 4.79 Å². The third-order valence-corrected chi connectivity index (χ3v) is 4.49. The number of nitrogens with zero attached hydrogens (tertiary/aromatic N) is 1. The maximum atomic E-state index is 12.7. The van der Waals surface area contributed by atoms with Gasteiger partial charge in [0.05, 0.1) is 16.4 Å². The lowest BCUT2D eigenvalue weighted by Gasteiger charge is -2.35. The summed E-state index contributed by atoms with van der Waals surface area (Å²) in [5.74, 6) is 1.00. The molecule has 1 atom stereocenters. The highest BCUT2D eigenvalue weighted by Crippen LogP contribution is 2.31. The number of hydrogen-bond donors (Lipinski definition) is 3. The number of hydrogen-bond acceptors (Lipinski definition) is 3. The van der Waals surface area contributed by atoms with Crippen LogP contribution in [0.2, 0.25) is 0 Å². The number of nitrogens with one attached hydrogen (secondary N) is 3. The number of aromatic amines is 1. The van der Waals surface area contributed by atoms with E-state index in [0.717, 1.165) is 54.9 Å². The number of H-pyrrole nitrogens is 1. The van der Waals surface area contributed by atoms with E-state index in [1.165, 1.54) is 0 Å². The maximum Gasteiger partial charge on any atom is 0.231 e. The van der Waals surface area contributed by atoms with Crippen LogP contribution >= 0.6 is 0 Å². The molecule has 1 amide bonds. The molecule has 1 aliphatic rings. The Kier molecular flexibility index (Phi) is 3.68. The molecule has 3 rings (SSSR count). The van der Waals surface area contributed by atoms with E-state index >= 15 is 0 Å². The first-order valence-electron chi connectivity index (χ1n) is 7.61. The van der Waals surface area contributed by atoms with Gasteiger partial charge in [0, 0.05) is 12.2 Å². The monoisotopic (exact) mass is 286 g/mol. The van der Waals surface area contributed by atoms with Gasteiger partial charge in [0.15, 0.2) is 0 Å². The molecule has 1 aromatic carbocycles. The number of fused-ring (bicyclic) bond motifs is 1. The Labute approximate surface area is 124 Å². The smallest absolute Gasteiger partial charge is 0.231 e. The minimum Gasteiger partial charge on any atom is -0.342 e. The number of amides is 1. The Morgan fingerprint density at radius 3 is 3.05 bits per heavy atom. The Hall–Kier alpha value is -1.88. The summed E-state index contributed by atoms with van der Waals surface area (Å²) >= 11 is 0. The third kappa shape index (κ3) is 2.65. The third-order valence-electron chi connectivity index (χ3n) is 4.49. The molecule has 0 bridgehead atoms. The summed E-state index contributed by atoms with van der Waals surface area (Å²) < 4.78 is 0. The average molecular weight is 286 g/mol. The number of benzene rings is 1. The number of carbonyl (C=O) groups excluding carboxylic acids is 1. The second kappa shape index (κ2) is 5.48. The molecule has 1 unspecified atom stereocenters. The Morgan fingerprint density at radius 2 is 2.33 bits per heavy atom. The van der Waals surface area contributed by atoms with Crippen LogP contribution in [0.15, 0.2) is 18.2 Å². The van der Waals surface area contributed by atoms with Gasteiger partial charge in [-0.15, -0.1) is 0 Å². The molecule has 1 aliphatic heterocycles. The molecule has 112 valence electrons. The zero-order valence-electron chi connectivity index (χ0n) is 12.6. The fraction of sp³-hybridized carbons (Fsp3) is 0.500. The van der Waals surface area contributed by atoms with Gasteiger partial charge in [-0.25, -0.2) is 4.98 Å². The molecule has 1 aromatic heterocycles. The second-order valence-electron chi connectivity index (χ2n) is 5.92. The van der Waals surface area contributed by atoms with Crippen molar-refractivity contribution in [2.45, 2.75) is 33.1 Å². The molecule has 1 fully saturated rings. The summed E-state index contributed by atoms with van der Waals surface area (Å²) in [6, 6.07) is 5.80. The molecule has 21 heavy (non-hydrogen) atoms. The minimum absolute atomic E-state index is 0.118. The fourth-order valence-corrected chi connectivity index (χ4v) is 3.10. The van der Waals surface area contributed by atoms with Crippen LogP contribution in [0.1, 0.15) is 32.0 Å².